The fraction of sp³-hybridized carbons (Fsp3) is 0.348. The zero-order chi connectivity index (χ0) is 17.9. The Bertz CT molecular complexity index is 834. The lowest BCUT2D eigenvalue weighted by Crippen LogP contribution is -2.28. The summed E-state index contributed by atoms with van der Waals surface area (Å²) < 4.78 is 0. The molecule has 0 saturated carbocycles. The molecule has 0 unspecified atom stereocenters. The van der Waals surface area contributed by atoms with Crippen molar-refractivity contribution in [3.05, 3.63) is 65.2 Å². The molecule has 0 aliphatic carbocycles. The van der Waals surface area contributed by atoms with Crippen LogP contribution in [0, 0.1) is 12.3 Å². The highest BCUT2D eigenvalue weighted by atomic mass is 16.2. The van der Waals surface area contributed by atoms with Crippen molar-refractivity contribution in [2.45, 2.75) is 31.7 Å². The summed E-state index contributed by atoms with van der Waals surface area (Å²) in [7, 11) is 0. The first-order valence-corrected chi connectivity index (χ1v) is 9.42. The third-order valence-electron chi connectivity index (χ3n) is 5.57. The van der Waals surface area contributed by atoms with Gasteiger partial charge in [0.2, 0.25) is 5.91 Å². The number of terminal acetylenes is 1. The lowest BCUT2D eigenvalue weighted by atomic mass is 9.98. The Kier molecular flexibility index (Phi) is 4.67. The first kappa shape index (κ1) is 16.7. The van der Waals surface area contributed by atoms with Gasteiger partial charge in [0, 0.05) is 49.8 Å². The molecule has 0 spiro atoms. The van der Waals surface area contributed by atoms with Gasteiger partial charge in [0.15, 0.2) is 0 Å². The van der Waals surface area contributed by atoms with E-state index in [1.54, 1.807) is 0 Å². The summed E-state index contributed by atoms with van der Waals surface area (Å²) in [6.07, 6.45) is 8.23. The predicted molar refractivity (Wildman–Crippen MR) is 105 cm³/mol. The SMILES string of the molecule is C#Cc1ccc(CN2C[C@@H](CCN3CCCC3=O)c3ccccc32)cc1. The van der Waals surface area contributed by atoms with E-state index in [1.165, 1.54) is 16.8 Å². The number of nitrogens with zero attached hydrogens (tertiary/aromatic N) is 2. The van der Waals surface area contributed by atoms with E-state index < -0.39 is 0 Å². The lowest BCUT2D eigenvalue weighted by Gasteiger charge is -2.21. The van der Waals surface area contributed by atoms with Crippen molar-refractivity contribution >= 4 is 11.6 Å². The Morgan fingerprint density at radius 3 is 2.62 bits per heavy atom. The summed E-state index contributed by atoms with van der Waals surface area (Å²) in [5, 5.41) is 0. The second kappa shape index (κ2) is 7.25. The molecule has 2 aromatic rings. The van der Waals surface area contributed by atoms with Crippen molar-refractivity contribution < 1.29 is 4.79 Å². The number of likely N-dealkylation sites (tertiary alicyclic amines) is 1. The molecule has 0 bridgehead atoms. The van der Waals surface area contributed by atoms with Gasteiger partial charge in [-0.15, -0.1) is 6.42 Å². The minimum atomic E-state index is 0.321. The van der Waals surface area contributed by atoms with Crippen LogP contribution < -0.4 is 4.90 Å². The molecule has 1 amide bonds. The zero-order valence-electron chi connectivity index (χ0n) is 15.0. The van der Waals surface area contributed by atoms with Gasteiger partial charge in [0.25, 0.3) is 0 Å². The normalized spacial score (nSPS) is 18.9. The maximum atomic E-state index is 11.9. The number of amides is 1. The summed E-state index contributed by atoms with van der Waals surface area (Å²) in [5.74, 6) is 3.48. The van der Waals surface area contributed by atoms with Gasteiger partial charge in [0.05, 0.1) is 0 Å². The fourth-order valence-electron chi connectivity index (χ4n) is 4.16. The summed E-state index contributed by atoms with van der Waals surface area (Å²) in [6, 6.07) is 16.9. The molecule has 4 rings (SSSR count). The van der Waals surface area contributed by atoms with Crippen molar-refractivity contribution in [2.75, 3.05) is 24.5 Å². The Hall–Kier alpha value is -2.73. The van der Waals surface area contributed by atoms with Gasteiger partial charge in [-0.2, -0.15) is 0 Å². The van der Waals surface area contributed by atoms with Crippen LogP contribution >= 0.6 is 0 Å². The third-order valence-corrected chi connectivity index (χ3v) is 5.57. The Morgan fingerprint density at radius 2 is 1.88 bits per heavy atom. The van der Waals surface area contributed by atoms with Crippen LogP contribution in [0.2, 0.25) is 0 Å². The molecule has 3 nitrogen and oxygen atoms in total. The molecule has 2 aromatic carbocycles. The molecule has 1 fully saturated rings. The maximum absolute atomic E-state index is 11.9. The van der Waals surface area contributed by atoms with Crippen molar-refractivity contribution in [2.24, 2.45) is 0 Å². The maximum Gasteiger partial charge on any atom is 0.222 e. The van der Waals surface area contributed by atoms with E-state index in [0.29, 0.717) is 11.8 Å². The van der Waals surface area contributed by atoms with Crippen molar-refractivity contribution in [3.8, 4) is 12.3 Å². The van der Waals surface area contributed by atoms with Gasteiger partial charge in [0.1, 0.15) is 0 Å². The number of para-hydroxylation sites is 1. The van der Waals surface area contributed by atoms with Crippen molar-refractivity contribution in [3.63, 3.8) is 0 Å². The number of carbonyl (C=O) groups is 1. The third kappa shape index (κ3) is 3.32. The van der Waals surface area contributed by atoms with Crippen LogP contribution in [0.1, 0.15) is 41.9 Å². The first-order chi connectivity index (χ1) is 12.7. The number of benzene rings is 2. The Labute approximate surface area is 155 Å². The quantitative estimate of drug-likeness (QED) is 0.771. The molecular formula is C23H24N2O. The number of carbonyl (C=O) groups excluding carboxylic acids is 1. The Balaban J connectivity index is 1.47. The van der Waals surface area contributed by atoms with E-state index in [9.17, 15) is 4.79 Å². The number of hydrogen-bond acceptors (Lipinski definition) is 2. The van der Waals surface area contributed by atoms with Crippen LogP contribution in [0.4, 0.5) is 5.69 Å². The molecular weight excluding hydrogens is 320 g/mol. The van der Waals surface area contributed by atoms with Crippen molar-refractivity contribution in [1.29, 1.82) is 0 Å². The molecule has 0 aromatic heterocycles. The number of hydrogen-bond donors (Lipinski definition) is 0. The molecule has 3 heteroatoms. The minimum Gasteiger partial charge on any atom is -0.366 e. The topological polar surface area (TPSA) is 23.6 Å². The van der Waals surface area contributed by atoms with Crippen molar-refractivity contribution in [1.82, 2.24) is 4.90 Å². The number of rotatable bonds is 5. The number of fused-ring (bicyclic) bond motifs is 1. The molecule has 0 radical (unpaired) electrons. The van der Waals surface area contributed by atoms with E-state index in [-0.39, 0.29) is 0 Å². The summed E-state index contributed by atoms with van der Waals surface area (Å²) in [4.78, 5) is 16.4. The molecule has 2 aliphatic heterocycles. The lowest BCUT2D eigenvalue weighted by molar-refractivity contribution is -0.127. The van der Waals surface area contributed by atoms with E-state index in [0.717, 1.165) is 51.0 Å². The average Bonchev–Trinajstić information content (AvgIpc) is 3.24. The molecule has 1 saturated heterocycles. The van der Waals surface area contributed by atoms with Gasteiger partial charge in [-0.25, -0.2) is 0 Å². The molecule has 2 heterocycles. The standard InChI is InChI=1S/C23H24N2O/c1-2-18-9-11-19(12-10-18)16-25-17-20(21-6-3-4-7-22(21)25)13-15-24-14-5-8-23(24)26/h1,3-4,6-7,9-12,20H,5,8,13-17H2/t20-/m1/s1. The van der Waals surface area contributed by atoms with Gasteiger partial charge in [-0.1, -0.05) is 36.3 Å². The fourth-order valence-corrected chi connectivity index (χ4v) is 4.16. The van der Waals surface area contributed by atoms with Crippen LogP contribution in [0.25, 0.3) is 0 Å². The monoisotopic (exact) mass is 344 g/mol. The van der Waals surface area contributed by atoms with E-state index in [1.807, 2.05) is 17.0 Å². The van der Waals surface area contributed by atoms with Crippen LogP contribution in [-0.4, -0.2) is 30.4 Å². The summed E-state index contributed by atoms with van der Waals surface area (Å²) in [6.45, 7) is 3.71. The van der Waals surface area contributed by atoms with Crippen LogP contribution in [0.5, 0.6) is 0 Å². The first-order valence-electron chi connectivity index (χ1n) is 9.42. The molecule has 1 atom stereocenters. The van der Waals surface area contributed by atoms with Gasteiger partial charge >= 0.3 is 0 Å². The molecule has 132 valence electrons. The highest BCUT2D eigenvalue weighted by molar-refractivity contribution is 5.78. The molecule has 26 heavy (non-hydrogen) atoms. The zero-order valence-corrected chi connectivity index (χ0v) is 15.0. The summed E-state index contributed by atoms with van der Waals surface area (Å²) in [5.41, 5.74) is 4.93. The van der Waals surface area contributed by atoms with Gasteiger partial charge < -0.3 is 9.80 Å². The van der Waals surface area contributed by atoms with E-state index in [2.05, 4.69) is 47.2 Å². The van der Waals surface area contributed by atoms with E-state index in [4.69, 9.17) is 6.42 Å². The van der Waals surface area contributed by atoms with Crippen LogP contribution in [0.15, 0.2) is 48.5 Å². The van der Waals surface area contributed by atoms with Gasteiger partial charge in [-0.3, -0.25) is 4.79 Å². The number of anilines is 1. The Morgan fingerprint density at radius 1 is 1.08 bits per heavy atom. The highest BCUT2D eigenvalue weighted by Gasteiger charge is 2.29. The second-order valence-corrected chi connectivity index (χ2v) is 7.25. The second-order valence-electron chi connectivity index (χ2n) is 7.25. The highest BCUT2D eigenvalue weighted by Crippen LogP contribution is 2.39. The van der Waals surface area contributed by atoms with Gasteiger partial charge in [-0.05, 0) is 42.2 Å². The van der Waals surface area contributed by atoms with Crippen LogP contribution in [-0.2, 0) is 11.3 Å². The predicted octanol–water partition coefficient (Wildman–Crippen LogP) is 3.78. The molecule has 0 N–H and O–H groups in total. The smallest absolute Gasteiger partial charge is 0.222 e. The largest absolute Gasteiger partial charge is 0.366 e. The van der Waals surface area contributed by atoms with E-state index >= 15 is 0 Å². The summed E-state index contributed by atoms with van der Waals surface area (Å²) >= 11 is 0. The molecule has 2 aliphatic rings. The van der Waals surface area contributed by atoms with Crippen LogP contribution in [0.3, 0.4) is 0 Å². The average molecular weight is 344 g/mol. The minimum absolute atomic E-state index is 0.321.